The lowest BCUT2D eigenvalue weighted by atomic mass is 9.89. The fourth-order valence-electron chi connectivity index (χ4n) is 3.16. The summed E-state index contributed by atoms with van der Waals surface area (Å²) in [6.45, 7) is 0.516. The maximum Gasteiger partial charge on any atom is 0.253 e. The molecule has 6 heteroatoms. The Hall–Kier alpha value is -2.68. The average molecular weight is 338 g/mol. The van der Waals surface area contributed by atoms with Crippen molar-refractivity contribution in [1.82, 2.24) is 15.0 Å². The molecule has 6 nitrogen and oxygen atoms in total. The molecule has 1 aliphatic rings. The zero-order chi connectivity index (χ0) is 17.6. The number of carbonyl (C=O) groups is 1. The molecule has 1 aromatic heterocycles. The molecule has 130 valence electrons. The van der Waals surface area contributed by atoms with Gasteiger partial charge in [0, 0.05) is 31.5 Å². The monoisotopic (exact) mass is 338 g/mol. The van der Waals surface area contributed by atoms with Crippen LogP contribution in [0.25, 0.3) is 0 Å². The van der Waals surface area contributed by atoms with Crippen molar-refractivity contribution in [1.29, 1.82) is 5.26 Å². The number of hydrogen-bond donors (Lipinski definition) is 0. The molecule has 0 spiro atoms. The molecule has 2 aromatic rings. The Morgan fingerprint density at radius 2 is 2.00 bits per heavy atom. The highest BCUT2D eigenvalue weighted by Gasteiger charge is 2.21. The summed E-state index contributed by atoms with van der Waals surface area (Å²) in [7, 11) is 1.75. The number of amides is 1. The van der Waals surface area contributed by atoms with Gasteiger partial charge in [-0.25, -0.2) is 0 Å². The summed E-state index contributed by atoms with van der Waals surface area (Å²) < 4.78 is 5.41. The molecule has 0 atom stereocenters. The highest BCUT2D eigenvalue weighted by Crippen LogP contribution is 2.31. The largest absolute Gasteiger partial charge is 0.341 e. The molecule has 1 saturated carbocycles. The predicted octanol–water partition coefficient (Wildman–Crippen LogP) is 3.30. The van der Waals surface area contributed by atoms with Gasteiger partial charge in [0.2, 0.25) is 5.89 Å². The number of nitrogens with zero attached hydrogens (tertiary/aromatic N) is 4. The first kappa shape index (κ1) is 17.2. The van der Waals surface area contributed by atoms with E-state index in [1.54, 1.807) is 36.2 Å². The Bertz CT molecular complexity index is 754. The minimum absolute atomic E-state index is 0.0829. The van der Waals surface area contributed by atoms with Crippen molar-refractivity contribution in [3.05, 3.63) is 47.1 Å². The third-order valence-electron chi connectivity index (χ3n) is 4.72. The quantitative estimate of drug-likeness (QED) is 0.835. The SMILES string of the molecule is CN(CCc1noc(C2CCCCC2)n1)C(=O)c1ccc(C#N)cc1. The number of nitriles is 1. The fraction of sp³-hybridized carbons (Fsp3) is 0.474. The van der Waals surface area contributed by atoms with Gasteiger partial charge in [-0.15, -0.1) is 0 Å². The van der Waals surface area contributed by atoms with E-state index < -0.39 is 0 Å². The molecule has 0 bridgehead atoms. The van der Waals surface area contributed by atoms with Crippen LogP contribution in [0.2, 0.25) is 0 Å². The minimum Gasteiger partial charge on any atom is -0.341 e. The molecule has 0 aliphatic heterocycles. The maximum absolute atomic E-state index is 12.4. The van der Waals surface area contributed by atoms with Gasteiger partial charge in [-0.1, -0.05) is 24.4 Å². The summed E-state index contributed by atoms with van der Waals surface area (Å²) in [6, 6.07) is 8.69. The first-order chi connectivity index (χ1) is 12.2. The zero-order valence-corrected chi connectivity index (χ0v) is 14.4. The van der Waals surface area contributed by atoms with Crippen LogP contribution in [0.4, 0.5) is 0 Å². The van der Waals surface area contributed by atoms with Gasteiger partial charge in [0.15, 0.2) is 5.82 Å². The normalized spacial score (nSPS) is 14.9. The Morgan fingerprint density at radius 3 is 2.68 bits per heavy atom. The second-order valence-corrected chi connectivity index (χ2v) is 6.55. The van der Waals surface area contributed by atoms with Crippen LogP contribution < -0.4 is 0 Å². The van der Waals surface area contributed by atoms with E-state index in [4.69, 9.17) is 9.78 Å². The van der Waals surface area contributed by atoms with Crippen molar-refractivity contribution in [3.63, 3.8) is 0 Å². The van der Waals surface area contributed by atoms with E-state index in [9.17, 15) is 4.79 Å². The van der Waals surface area contributed by atoms with Crippen molar-refractivity contribution in [2.75, 3.05) is 13.6 Å². The van der Waals surface area contributed by atoms with E-state index in [1.807, 2.05) is 6.07 Å². The Balaban J connectivity index is 1.54. The van der Waals surface area contributed by atoms with Crippen LogP contribution in [0.1, 0.15) is 65.7 Å². The smallest absolute Gasteiger partial charge is 0.253 e. The Labute approximate surface area is 147 Å². The van der Waals surface area contributed by atoms with Crippen LogP contribution >= 0.6 is 0 Å². The molecule has 1 aromatic carbocycles. The lowest BCUT2D eigenvalue weighted by molar-refractivity contribution is 0.0796. The number of hydrogen-bond acceptors (Lipinski definition) is 5. The van der Waals surface area contributed by atoms with Crippen molar-refractivity contribution in [2.45, 2.75) is 44.4 Å². The molecule has 1 aliphatic carbocycles. The molecule has 1 fully saturated rings. The van der Waals surface area contributed by atoms with E-state index in [1.165, 1.54) is 19.3 Å². The maximum atomic E-state index is 12.4. The lowest BCUT2D eigenvalue weighted by Crippen LogP contribution is -2.29. The third kappa shape index (κ3) is 4.24. The topological polar surface area (TPSA) is 83.0 Å². The first-order valence-corrected chi connectivity index (χ1v) is 8.75. The number of likely N-dealkylation sites (N-methyl/N-ethyl adjacent to an activating group) is 1. The number of aromatic nitrogens is 2. The molecule has 1 amide bonds. The van der Waals surface area contributed by atoms with Gasteiger partial charge in [-0.05, 0) is 37.1 Å². The summed E-state index contributed by atoms with van der Waals surface area (Å²) in [5, 5.41) is 12.9. The summed E-state index contributed by atoms with van der Waals surface area (Å²) in [4.78, 5) is 18.5. The van der Waals surface area contributed by atoms with Gasteiger partial charge in [0.25, 0.3) is 5.91 Å². The zero-order valence-electron chi connectivity index (χ0n) is 14.4. The highest BCUT2D eigenvalue weighted by atomic mass is 16.5. The Morgan fingerprint density at radius 1 is 1.28 bits per heavy atom. The highest BCUT2D eigenvalue weighted by molar-refractivity contribution is 5.94. The number of carbonyl (C=O) groups excluding carboxylic acids is 1. The second kappa shape index (κ2) is 7.93. The van der Waals surface area contributed by atoms with Crippen LogP contribution in [0.5, 0.6) is 0 Å². The van der Waals surface area contributed by atoms with Gasteiger partial charge < -0.3 is 9.42 Å². The first-order valence-electron chi connectivity index (χ1n) is 8.75. The molecule has 0 radical (unpaired) electrons. The van der Waals surface area contributed by atoms with Crippen molar-refractivity contribution in [2.24, 2.45) is 0 Å². The minimum atomic E-state index is -0.0829. The van der Waals surface area contributed by atoms with Crippen LogP contribution in [0.3, 0.4) is 0 Å². The molecule has 1 heterocycles. The molecule has 0 saturated heterocycles. The molecule has 0 N–H and O–H groups in total. The van der Waals surface area contributed by atoms with Gasteiger partial charge in [-0.2, -0.15) is 10.2 Å². The molecular formula is C19H22N4O2. The summed E-state index contributed by atoms with van der Waals surface area (Å²) in [6.07, 6.45) is 6.56. The van der Waals surface area contributed by atoms with Crippen molar-refractivity contribution in [3.8, 4) is 6.07 Å². The lowest BCUT2D eigenvalue weighted by Gasteiger charge is -2.17. The van der Waals surface area contributed by atoms with E-state index in [0.717, 1.165) is 18.7 Å². The third-order valence-corrected chi connectivity index (χ3v) is 4.72. The molecule has 3 rings (SSSR count). The molecule has 25 heavy (non-hydrogen) atoms. The summed E-state index contributed by atoms with van der Waals surface area (Å²) in [5.41, 5.74) is 1.11. The van der Waals surface area contributed by atoms with E-state index >= 15 is 0 Å². The molecule has 0 unspecified atom stereocenters. The number of rotatable bonds is 5. The Kier molecular flexibility index (Phi) is 5.44. The van der Waals surface area contributed by atoms with Crippen LogP contribution in [0.15, 0.2) is 28.8 Å². The van der Waals surface area contributed by atoms with Crippen molar-refractivity contribution < 1.29 is 9.32 Å². The number of benzene rings is 1. The van der Waals surface area contributed by atoms with Gasteiger partial charge in [-0.3, -0.25) is 4.79 Å². The van der Waals surface area contributed by atoms with E-state index in [-0.39, 0.29) is 5.91 Å². The van der Waals surface area contributed by atoms with Crippen LogP contribution in [0, 0.1) is 11.3 Å². The van der Waals surface area contributed by atoms with Gasteiger partial charge in [0.05, 0.1) is 11.6 Å². The standard InChI is InChI=1S/C19H22N4O2/c1-23(19(24)16-9-7-14(13-20)8-10-16)12-11-17-21-18(25-22-17)15-5-3-2-4-6-15/h7-10,15H,2-6,11-12H2,1H3. The van der Waals surface area contributed by atoms with Gasteiger partial charge >= 0.3 is 0 Å². The predicted molar refractivity (Wildman–Crippen MR) is 91.9 cm³/mol. The molecular weight excluding hydrogens is 316 g/mol. The van der Waals surface area contributed by atoms with Crippen molar-refractivity contribution >= 4 is 5.91 Å². The van der Waals surface area contributed by atoms with Gasteiger partial charge in [0.1, 0.15) is 0 Å². The van der Waals surface area contributed by atoms with Crippen LogP contribution in [-0.4, -0.2) is 34.5 Å². The average Bonchev–Trinajstić information content (AvgIpc) is 3.15. The van der Waals surface area contributed by atoms with E-state index in [0.29, 0.717) is 35.8 Å². The van der Waals surface area contributed by atoms with Crippen LogP contribution in [-0.2, 0) is 6.42 Å². The summed E-state index contributed by atoms with van der Waals surface area (Å²) >= 11 is 0. The second-order valence-electron chi connectivity index (χ2n) is 6.55. The summed E-state index contributed by atoms with van der Waals surface area (Å²) in [5.74, 6) is 1.71. The fourth-order valence-corrected chi connectivity index (χ4v) is 3.16. The van der Waals surface area contributed by atoms with E-state index in [2.05, 4.69) is 10.1 Å².